The molecule has 0 radical (unpaired) electrons. The molecule has 60 valence electrons. The van der Waals surface area contributed by atoms with Crippen LogP contribution in [-0.2, 0) is 10.2 Å². The molecule has 0 N–H and O–H groups in total. The Morgan fingerprint density at radius 2 is 2.18 bits per heavy atom. The summed E-state index contributed by atoms with van der Waals surface area (Å²) in [7, 11) is -4.65. The van der Waals surface area contributed by atoms with Gasteiger partial charge in [0.05, 0.1) is 0 Å². The van der Waals surface area contributed by atoms with E-state index in [1.54, 1.807) is 0 Å². The van der Waals surface area contributed by atoms with Gasteiger partial charge in [-0.1, -0.05) is 11.6 Å². The topological polar surface area (TPSA) is 47.0 Å². The number of pyridine rings is 1. The highest BCUT2D eigenvalue weighted by molar-refractivity contribution is 7.86. The number of halogens is 2. The van der Waals surface area contributed by atoms with E-state index in [1.807, 2.05) is 0 Å². The van der Waals surface area contributed by atoms with Crippen LogP contribution in [0.15, 0.2) is 23.2 Å². The summed E-state index contributed by atoms with van der Waals surface area (Å²) in [6.45, 7) is 0. The summed E-state index contributed by atoms with van der Waals surface area (Å²) in [5.41, 5.74) is 0. The Labute approximate surface area is 68.0 Å². The minimum atomic E-state index is -4.65. The van der Waals surface area contributed by atoms with E-state index in [2.05, 4.69) is 4.98 Å². The molecule has 0 aliphatic rings. The standard InChI is InChI=1S/C5H3ClFNO2S/c6-5-3-4(1-2-8-5)11(7,9)10/h1-3H. The minimum absolute atomic E-state index is 0.0521. The van der Waals surface area contributed by atoms with E-state index in [-0.39, 0.29) is 5.15 Å². The van der Waals surface area contributed by atoms with Crippen molar-refractivity contribution in [3.63, 3.8) is 0 Å². The summed E-state index contributed by atoms with van der Waals surface area (Å²) < 4.78 is 32.7. The SMILES string of the molecule is O=S(=O)(F)c1ccnc(Cl)c1. The number of hydrogen-bond donors (Lipinski definition) is 0. The van der Waals surface area contributed by atoms with Gasteiger partial charge in [0.25, 0.3) is 0 Å². The number of hydrogen-bond acceptors (Lipinski definition) is 3. The van der Waals surface area contributed by atoms with Crippen molar-refractivity contribution in [2.24, 2.45) is 0 Å². The summed E-state index contributed by atoms with van der Waals surface area (Å²) >= 11 is 5.31. The van der Waals surface area contributed by atoms with Crippen LogP contribution in [0, 0.1) is 0 Å². The maximum absolute atomic E-state index is 12.2. The molecule has 11 heavy (non-hydrogen) atoms. The number of rotatable bonds is 1. The van der Waals surface area contributed by atoms with Crippen molar-refractivity contribution in [1.29, 1.82) is 0 Å². The summed E-state index contributed by atoms with van der Waals surface area (Å²) in [4.78, 5) is 3.01. The molecule has 1 rings (SSSR count). The fraction of sp³-hybridized carbons (Fsp3) is 0. The summed E-state index contributed by atoms with van der Waals surface area (Å²) in [6, 6.07) is 1.97. The Kier molecular flexibility index (Phi) is 2.10. The van der Waals surface area contributed by atoms with Crippen LogP contribution >= 0.6 is 11.6 Å². The fourth-order valence-corrected chi connectivity index (χ4v) is 1.25. The van der Waals surface area contributed by atoms with Gasteiger partial charge in [0.15, 0.2) is 0 Å². The molecule has 0 bridgehead atoms. The lowest BCUT2D eigenvalue weighted by Crippen LogP contribution is -1.91. The van der Waals surface area contributed by atoms with E-state index in [0.29, 0.717) is 0 Å². The molecule has 0 aliphatic carbocycles. The van der Waals surface area contributed by atoms with Gasteiger partial charge >= 0.3 is 10.2 Å². The van der Waals surface area contributed by atoms with Gasteiger partial charge in [-0.3, -0.25) is 0 Å². The average molecular weight is 196 g/mol. The van der Waals surface area contributed by atoms with Gasteiger partial charge in [0.2, 0.25) is 0 Å². The van der Waals surface area contributed by atoms with Crippen LogP contribution < -0.4 is 0 Å². The maximum atomic E-state index is 12.2. The zero-order valence-electron chi connectivity index (χ0n) is 5.16. The van der Waals surface area contributed by atoms with Crippen LogP contribution in [0.5, 0.6) is 0 Å². The zero-order chi connectivity index (χ0) is 8.48. The Balaban J connectivity index is 3.28. The molecule has 6 heteroatoms. The quantitative estimate of drug-likeness (QED) is 0.503. The van der Waals surface area contributed by atoms with Gasteiger partial charge in [-0.15, -0.1) is 3.89 Å². The lowest BCUT2D eigenvalue weighted by molar-refractivity contribution is 0.552. The average Bonchev–Trinajstić information content (AvgIpc) is 1.86. The van der Waals surface area contributed by atoms with E-state index >= 15 is 0 Å². The summed E-state index contributed by atoms with van der Waals surface area (Å²) in [5.74, 6) is 0. The molecule has 0 aromatic carbocycles. The smallest absolute Gasteiger partial charge is 0.244 e. The molecule has 0 atom stereocenters. The van der Waals surface area contributed by atoms with Crippen molar-refractivity contribution in [2.45, 2.75) is 4.90 Å². The molecule has 3 nitrogen and oxygen atoms in total. The van der Waals surface area contributed by atoms with E-state index < -0.39 is 15.1 Å². The Hall–Kier alpha value is -0.680. The monoisotopic (exact) mass is 195 g/mol. The number of aromatic nitrogens is 1. The summed E-state index contributed by atoms with van der Waals surface area (Å²) in [6.07, 6.45) is 1.12. The third-order valence-corrected chi connectivity index (χ3v) is 2.00. The predicted molar refractivity (Wildman–Crippen MR) is 37.5 cm³/mol. The molecule has 0 fully saturated rings. The molecule has 1 heterocycles. The first-order chi connectivity index (χ1) is 5.00. The Morgan fingerprint density at radius 3 is 2.55 bits per heavy atom. The van der Waals surface area contributed by atoms with Crippen molar-refractivity contribution in [3.8, 4) is 0 Å². The predicted octanol–water partition coefficient (Wildman–Crippen LogP) is 1.39. The molecule has 0 saturated heterocycles. The maximum Gasteiger partial charge on any atom is 0.332 e. The zero-order valence-corrected chi connectivity index (χ0v) is 6.73. The highest BCUT2D eigenvalue weighted by atomic mass is 35.5. The molecule has 0 unspecified atom stereocenters. The molecule has 1 aromatic rings. The molecular formula is C5H3ClFNO2S. The van der Waals surface area contributed by atoms with E-state index in [0.717, 1.165) is 18.3 Å². The third kappa shape index (κ3) is 2.13. The second-order valence-electron chi connectivity index (χ2n) is 1.75. The first-order valence-corrected chi connectivity index (χ1v) is 4.32. The number of nitrogens with zero attached hydrogens (tertiary/aromatic N) is 1. The van der Waals surface area contributed by atoms with E-state index in [4.69, 9.17) is 11.6 Å². The van der Waals surface area contributed by atoms with Crippen molar-refractivity contribution in [2.75, 3.05) is 0 Å². The largest absolute Gasteiger partial charge is 0.332 e. The van der Waals surface area contributed by atoms with Crippen LogP contribution in [0.25, 0.3) is 0 Å². The molecule has 0 amide bonds. The van der Waals surface area contributed by atoms with Gasteiger partial charge in [-0.2, -0.15) is 8.42 Å². The van der Waals surface area contributed by atoms with E-state index in [1.165, 1.54) is 0 Å². The molecule has 0 saturated carbocycles. The van der Waals surface area contributed by atoms with Crippen molar-refractivity contribution >= 4 is 21.8 Å². The highest BCUT2D eigenvalue weighted by Gasteiger charge is 2.11. The Morgan fingerprint density at radius 1 is 1.55 bits per heavy atom. The van der Waals surface area contributed by atoms with Crippen LogP contribution in [-0.4, -0.2) is 13.4 Å². The van der Waals surface area contributed by atoms with Crippen LogP contribution in [0.4, 0.5) is 3.89 Å². The lowest BCUT2D eigenvalue weighted by atomic mass is 10.5. The normalized spacial score (nSPS) is 11.5. The van der Waals surface area contributed by atoms with Crippen molar-refractivity contribution < 1.29 is 12.3 Å². The highest BCUT2D eigenvalue weighted by Crippen LogP contribution is 2.14. The summed E-state index contributed by atoms with van der Waals surface area (Å²) in [5, 5.41) is -0.0521. The van der Waals surface area contributed by atoms with Crippen molar-refractivity contribution in [3.05, 3.63) is 23.5 Å². The third-order valence-electron chi connectivity index (χ3n) is 0.980. The van der Waals surface area contributed by atoms with Gasteiger partial charge in [-0.25, -0.2) is 4.98 Å². The lowest BCUT2D eigenvalue weighted by Gasteiger charge is -1.92. The second kappa shape index (κ2) is 2.75. The molecular weight excluding hydrogens is 193 g/mol. The van der Waals surface area contributed by atoms with Gasteiger partial charge < -0.3 is 0 Å². The Bertz CT molecular complexity index is 365. The van der Waals surface area contributed by atoms with Crippen LogP contribution in [0.3, 0.4) is 0 Å². The first kappa shape index (κ1) is 8.42. The van der Waals surface area contributed by atoms with Gasteiger partial charge in [0.1, 0.15) is 10.0 Å². The second-order valence-corrected chi connectivity index (χ2v) is 3.49. The van der Waals surface area contributed by atoms with Crippen LogP contribution in [0.1, 0.15) is 0 Å². The van der Waals surface area contributed by atoms with Crippen molar-refractivity contribution in [1.82, 2.24) is 4.98 Å². The minimum Gasteiger partial charge on any atom is -0.244 e. The van der Waals surface area contributed by atoms with Gasteiger partial charge in [0, 0.05) is 6.20 Å². The van der Waals surface area contributed by atoms with Gasteiger partial charge in [-0.05, 0) is 12.1 Å². The fourth-order valence-electron chi connectivity index (χ4n) is 0.536. The molecule has 0 spiro atoms. The van der Waals surface area contributed by atoms with E-state index in [9.17, 15) is 12.3 Å². The molecule has 1 aromatic heterocycles. The first-order valence-electron chi connectivity index (χ1n) is 2.56. The molecule has 0 aliphatic heterocycles. The van der Waals surface area contributed by atoms with Crippen LogP contribution in [0.2, 0.25) is 5.15 Å².